The summed E-state index contributed by atoms with van der Waals surface area (Å²) >= 11 is 1.45. The number of likely N-dealkylation sites (tertiary alicyclic amines) is 1. The summed E-state index contributed by atoms with van der Waals surface area (Å²) < 4.78 is 0. The van der Waals surface area contributed by atoms with E-state index in [4.69, 9.17) is 5.73 Å². The highest BCUT2D eigenvalue weighted by Gasteiger charge is 2.23. The standard InChI is InChI=1S/C9H13N3OS/c1-6(10)8-11-7(5-14-8)9(13)12-3-2-4-12/h5-6H,2-4,10H2,1H3. The first-order valence-electron chi connectivity index (χ1n) is 4.69. The molecule has 76 valence electrons. The van der Waals surface area contributed by atoms with Crippen LogP contribution in [0, 0.1) is 0 Å². The smallest absolute Gasteiger partial charge is 0.273 e. The summed E-state index contributed by atoms with van der Waals surface area (Å²) in [5, 5.41) is 2.62. The van der Waals surface area contributed by atoms with Crippen molar-refractivity contribution in [1.29, 1.82) is 0 Å². The molecule has 1 fully saturated rings. The van der Waals surface area contributed by atoms with Gasteiger partial charge in [-0.2, -0.15) is 0 Å². The van der Waals surface area contributed by atoms with E-state index in [0.717, 1.165) is 24.5 Å². The van der Waals surface area contributed by atoms with Crippen LogP contribution in [-0.4, -0.2) is 28.9 Å². The first kappa shape index (κ1) is 9.61. The van der Waals surface area contributed by atoms with E-state index in [0.29, 0.717) is 5.69 Å². The fraction of sp³-hybridized carbons (Fsp3) is 0.556. The maximum Gasteiger partial charge on any atom is 0.273 e. The van der Waals surface area contributed by atoms with Crippen LogP contribution in [-0.2, 0) is 0 Å². The Hall–Kier alpha value is -0.940. The Labute approximate surface area is 86.7 Å². The van der Waals surface area contributed by atoms with Gasteiger partial charge in [0.2, 0.25) is 0 Å². The molecule has 1 aromatic heterocycles. The van der Waals surface area contributed by atoms with Crippen LogP contribution in [0.1, 0.15) is 34.9 Å². The Morgan fingerprint density at radius 3 is 2.86 bits per heavy atom. The van der Waals surface area contributed by atoms with Gasteiger partial charge < -0.3 is 10.6 Å². The van der Waals surface area contributed by atoms with Crippen molar-refractivity contribution in [3.05, 3.63) is 16.1 Å². The lowest BCUT2D eigenvalue weighted by Gasteiger charge is -2.30. The minimum Gasteiger partial charge on any atom is -0.337 e. The number of hydrogen-bond donors (Lipinski definition) is 1. The number of amides is 1. The van der Waals surface area contributed by atoms with Crippen molar-refractivity contribution in [3.8, 4) is 0 Å². The molecule has 1 aliphatic heterocycles. The average molecular weight is 211 g/mol. The SMILES string of the molecule is CC(N)c1nc(C(=O)N2CCC2)cs1. The number of nitrogens with zero attached hydrogens (tertiary/aromatic N) is 2. The Morgan fingerprint density at radius 2 is 2.43 bits per heavy atom. The van der Waals surface area contributed by atoms with Crippen molar-refractivity contribution in [2.24, 2.45) is 5.73 Å². The lowest BCUT2D eigenvalue weighted by atomic mass is 10.2. The molecule has 14 heavy (non-hydrogen) atoms. The average Bonchev–Trinajstić information content (AvgIpc) is 2.48. The lowest BCUT2D eigenvalue weighted by Crippen LogP contribution is -2.42. The predicted molar refractivity (Wildman–Crippen MR) is 55.2 cm³/mol. The van der Waals surface area contributed by atoms with E-state index < -0.39 is 0 Å². The molecule has 1 unspecified atom stereocenters. The molecule has 1 saturated heterocycles. The Bertz CT molecular complexity index is 344. The monoisotopic (exact) mass is 211 g/mol. The first-order valence-corrected chi connectivity index (χ1v) is 5.56. The second-order valence-corrected chi connectivity index (χ2v) is 4.40. The fourth-order valence-corrected chi connectivity index (χ4v) is 2.03. The summed E-state index contributed by atoms with van der Waals surface area (Å²) in [7, 11) is 0. The minimum absolute atomic E-state index is 0.0411. The van der Waals surface area contributed by atoms with Crippen LogP contribution in [0.25, 0.3) is 0 Å². The minimum atomic E-state index is -0.0852. The van der Waals surface area contributed by atoms with Gasteiger partial charge in [-0.15, -0.1) is 11.3 Å². The molecule has 1 aromatic rings. The molecule has 1 atom stereocenters. The van der Waals surface area contributed by atoms with Gasteiger partial charge in [-0.3, -0.25) is 4.79 Å². The van der Waals surface area contributed by atoms with E-state index in [9.17, 15) is 4.79 Å². The van der Waals surface area contributed by atoms with Crippen LogP contribution in [0.4, 0.5) is 0 Å². The molecule has 0 radical (unpaired) electrons. The number of nitrogens with two attached hydrogens (primary N) is 1. The van der Waals surface area contributed by atoms with E-state index in [1.807, 2.05) is 6.92 Å². The lowest BCUT2D eigenvalue weighted by molar-refractivity contribution is 0.0646. The third-order valence-corrected chi connectivity index (χ3v) is 3.32. The summed E-state index contributed by atoms with van der Waals surface area (Å²) in [6, 6.07) is -0.0852. The normalized spacial score (nSPS) is 17.7. The molecule has 0 aliphatic carbocycles. The van der Waals surface area contributed by atoms with Gasteiger partial charge in [-0.25, -0.2) is 4.98 Å². The van der Waals surface area contributed by atoms with Crippen molar-refractivity contribution < 1.29 is 4.79 Å². The van der Waals surface area contributed by atoms with Crippen LogP contribution in [0.3, 0.4) is 0 Å². The zero-order valence-corrected chi connectivity index (χ0v) is 8.88. The molecule has 2 rings (SSSR count). The molecule has 4 nitrogen and oxygen atoms in total. The van der Waals surface area contributed by atoms with Gasteiger partial charge in [0.1, 0.15) is 10.7 Å². The fourth-order valence-electron chi connectivity index (χ4n) is 1.28. The van der Waals surface area contributed by atoms with Gasteiger partial charge in [0, 0.05) is 18.5 Å². The zero-order valence-electron chi connectivity index (χ0n) is 8.06. The van der Waals surface area contributed by atoms with Crippen molar-refractivity contribution >= 4 is 17.2 Å². The maximum atomic E-state index is 11.7. The quantitative estimate of drug-likeness (QED) is 0.794. The van der Waals surface area contributed by atoms with Gasteiger partial charge in [-0.05, 0) is 13.3 Å². The number of thiazole rings is 1. The summed E-state index contributed by atoms with van der Waals surface area (Å²) in [5.74, 6) is 0.0411. The second kappa shape index (κ2) is 3.67. The Morgan fingerprint density at radius 1 is 1.71 bits per heavy atom. The van der Waals surface area contributed by atoms with Crippen LogP contribution < -0.4 is 5.73 Å². The highest BCUT2D eigenvalue weighted by atomic mass is 32.1. The van der Waals surface area contributed by atoms with Gasteiger partial charge in [-0.1, -0.05) is 0 Å². The molecule has 2 N–H and O–H groups in total. The number of carbonyl (C=O) groups excluding carboxylic acids is 1. The van der Waals surface area contributed by atoms with Crippen molar-refractivity contribution in [3.63, 3.8) is 0 Å². The second-order valence-electron chi connectivity index (χ2n) is 3.51. The molecule has 2 heterocycles. The van der Waals surface area contributed by atoms with E-state index >= 15 is 0 Å². The summed E-state index contributed by atoms with van der Waals surface area (Å²) in [6.45, 7) is 3.60. The maximum absolute atomic E-state index is 11.7. The van der Waals surface area contributed by atoms with Crippen LogP contribution >= 0.6 is 11.3 Å². The number of rotatable bonds is 2. The highest BCUT2D eigenvalue weighted by molar-refractivity contribution is 7.09. The number of aromatic nitrogens is 1. The van der Waals surface area contributed by atoms with Crippen LogP contribution in [0.2, 0.25) is 0 Å². The molecule has 1 aliphatic rings. The Kier molecular flexibility index (Phi) is 2.52. The van der Waals surface area contributed by atoms with E-state index in [2.05, 4.69) is 4.98 Å². The summed E-state index contributed by atoms with van der Waals surface area (Å²) in [4.78, 5) is 17.7. The van der Waals surface area contributed by atoms with Gasteiger partial charge in [0.15, 0.2) is 0 Å². The zero-order chi connectivity index (χ0) is 10.1. The first-order chi connectivity index (χ1) is 6.68. The molecule has 0 bridgehead atoms. The largest absolute Gasteiger partial charge is 0.337 e. The number of hydrogen-bond acceptors (Lipinski definition) is 4. The summed E-state index contributed by atoms with van der Waals surface area (Å²) in [6.07, 6.45) is 1.11. The van der Waals surface area contributed by atoms with Crippen LogP contribution in [0.15, 0.2) is 5.38 Å². The van der Waals surface area contributed by atoms with Crippen molar-refractivity contribution in [2.75, 3.05) is 13.1 Å². The molecule has 1 amide bonds. The van der Waals surface area contributed by atoms with Crippen molar-refractivity contribution in [2.45, 2.75) is 19.4 Å². The van der Waals surface area contributed by atoms with Gasteiger partial charge in [0.05, 0.1) is 6.04 Å². The predicted octanol–water partition coefficient (Wildman–Crippen LogP) is 1.01. The molecule has 0 aromatic carbocycles. The molecular formula is C9H13N3OS. The molecular weight excluding hydrogens is 198 g/mol. The molecule has 5 heteroatoms. The van der Waals surface area contributed by atoms with E-state index in [1.54, 1.807) is 10.3 Å². The molecule has 0 spiro atoms. The summed E-state index contributed by atoms with van der Waals surface area (Å²) in [5.41, 5.74) is 6.22. The molecule has 0 saturated carbocycles. The third kappa shape index (κ3) is 1.65. The van der Waals surface area contributed by atoms with Gasteiger partial charge >= 0.3 is 0 Å². The van der Waals surface area contributed by atoms with Crippen molar-refractivity contribution in [1.82, 2.24) is 9.88 Å². The van der Waals surface area contributed by atoms with E-state index in [-0.39, 0.29) is 11.9 Å². The van der Waals surface area contributed by atoms with Crippen LogP contribution in [0.5, 0.6) is 0 Å². The van der Waals surface area contributed by atoms with Gasteiger partial charge in [0.25, 0.3) is 5.91 Å². The highest BCUT2D eigenvalue weighted by Crippen LogP contribution is 2.18. The Balaban J connectivity index is 2.11. The van der Waals surface area contributed by atoms with E-state index in [1.165, 1.54) is 11.3 Å². The number of carbonyl (C=O) groups is 1. The topological polar surface area (TPSA) is 59.2 Å². The third-order valence-electron chi connectivity index (χ3n) is 2.27.